The highest BCUT2D eigenvalue weighted by atomic mass is 35.5. The smallest absolute Gasteiger partial charge is 0.313 e. The molecular weight excluding hydrogens is 330 g/mol. The van der Waals surface area contributed by atoms with Crippen molar-refractivity contribution >= 4 is 28.5 Å². The van der Waals surface area contributed by atoms with Crippen LogP contribution in [0.4, 0.5) is 0 Å². The van der Waals surface area contributed by atoms with Crippen molar-refractivity contribution in [3.8, 4) is 0 Å². The molecule has 130 valence electrons. The van der Waals surface area contributed by atoms with Gasteiger partial charge in [0.25, 0.3) is 5.56 Å². The maximum Gasteiger partial charge on any atom is 0.332 e. The molecule has 0 radical (unpaired) electrons. The van der Waals surface area contributed by atoms with Crippen LogP contribution in [0.15, 0.2) is 15.8 Å². The van der Waals surface area contributed by atoms with Crippen molar-refractivity contribution in [3.05, 3.63) is 32.7 Å². The first-order valence-corrected chi connectivity index (χ1v) is 8.78. The molecule has 0 saturated carbocycles. The molecule has 3 aromatic heterocycles. The standard InChI is InChI=1S/C16H22ClN5O2/c1-4-5-6-8-21-14(23)12-13(19(3)16(21)24)18-15-20(9-7-17)11(2)10-22(12)15/h10H,4-9H2,1-3H3. The Labute approximate surface area is 144 Å². The van der Waals surface area contributed by atoms with Gasteiger partial charge in [0.05, 0.1) is 0 Å². The summed E-state index contributed by atoms with van der Waals surface area (Å²) in [5.74, 6) is 1.09. The molecule has 0 aliphatic carbocycles. The number of hydrogen-bond donors (Lipinski definition) is 0. The first-order valence-electron chi connectivity index (χ1n) is 8.25. The summed E-state index contributed by atoms with van der Waals surface area (Å²) in [7, 11) is 1.66. The monoisotopic (exact) mass is 351 g/mol. The molecule has 0 aromatic carbocycles. The van der Waals surface area contributed by atoms with E-state index in [9.17, 15) is 9.59 Å². The van der Waals surface area contributed by atoms with Crippen LogP contribution in [-0.4, -0.2) is 29.0 Å². The van der Waals surface area contributed by atoms with E-state index in [1.165, 1.54) is 9.13 Å². The summed E-state index contributed by atoms with van der Waals surface area (Å²) < 4.78 is 6.50. The number of alkyl halides is 1. The quantitative estimate of drug-likeness (QED) is 0.503. The van der Waals surface area contributed by atoms with Gasteiger partial charge in [0.1, 0.15) is 0 Å². The molecule has 0 spiro atoms. The van der Waals surface area contributed by atoms with Crippen molar-refractivity contribution in [2.75, 3.05) is 5.88 Å². The fourth-order valence-corrected chi connectivity index (χ4v) is 3.30. The zero-order valence-corrected chi connectivity index (χ0v) is 15.0. The fourth-order valence-electron chi connectivity index (χ4n) is 3.13. The molecule has 8 heteroatoms. The summed E-state index contributed by atoms with van der Waals surface area (Å²) in [4.78, 5) is 30.0. The van der Waals surface area contributed by atoms with Gasteiger partial charge in [-0.3, -0.25) is 18.3 Å². The number of halogens is 1. The Morgan fingerprint density at radius 2 is 1.92 bits per heavy atom. The zero-order valence-electron chi connectivity index (χ0n) is 14.3. The third-order valence-corrected chi connectivity index (χ3v) is 4.60. The molecule has 0 fully saturated rings. The number of fused-ring (bicyclic) bond motifs is 3. The molecule has 0 saturated heterocycles. The van der Waals surface area contributed by atoms with Gasteiger partial charge in [-0.05, 0) is 13.3 Å². The molecular formula is C16H22ClN5O2. The molecule has 24 heavy (non-hydrogen) atoms. The lowest BCUT2D eigenvalue weighted by atomic mass is 10.2. The SMILES string of the molecule is CCCCCn1c(=O)c2c(nc3n(CCCl)c(C)cn23)n(C)c1=O. The van der Waals surface area contributed by atoms with E-state index in [0.717, 1.165) is 25.0 Å². The van der Waals surface area contributed by atoms with Crippen LogP contribution in [0.3, 0.4) is 0 Å². The summed E-state index contributed by atoms with van der Waals surface area (Å²) in [5, 5.41) is 0. The average Bonchev–Trinajstić information content (AvgIpc) is 3.06. The van der Waals surface area contributed by atoms with Crippen LogP contribution in [0, 0.1) is 6.92 Å². The van der Waals surface area contributed by atoms with Gasteiger partial charge in [0, 0.05) is 37.9 Å². The Morgan fingerprint density at radius 3 is 2.58 bits per heavy atom. The van der Waals surface area contributed by atoms with Crippen molar-refractivity contribution in [3.63, 3.8) is 0 Å². The van der Waals surface area contributed by atoms with E-state index < -0.39 is 0 Å². The third-order valence-electron chi connectivity index (χ3n) is 4.43. The summed E-state index contributed by atoms with van der Waals surface area (Å²) in [6.45, 7) is 5.08. The van der Waals surface area contributed by atoms with Crippen LogP contribution in [-0.2, 0) is 20.1 Å². The van der Waals surface area contributed by atoms with Gasteiger partial charge in [-0.25, -0.2) is 4.79 Å². The molecule has 0 N–H and O–H groups in total. The Morgan fingerprint density at radius 1 is 1.17 bits per heavy atom. The number of nitrogens with zero attached hydrogens (tertiary/aromatic N) is 5. The molecule has 7 nitrogen and oxygen atoms in total. The number of hydrogen-bond acceptors (Lipinski definition) is 3. The molecule has 3 aromatic rings. The maximum absolute atomic E-state index is 12.9. The number of unbranched alkanes of at least 4 members (excludes halogenated alkanes) is 2. The van der Waals surface area contributed by atoms with Crippen LogP contribution in [0.1, 0.15) is 31.9 Å². The van der Waals surface area contributed by atoms with E-state index in [2.05, 4.69) is 11.9 Å². The highest BCUT2D eigenvalue weighted by Gasteiger charge is 2.19. The topological polar surface area (TPSA) is 66.2 Å². The lowest BCUT2D eigenvalue weighted by molar-refractivity contribution is 0.550. The van der Waals surface area contributed by atoms with Gasteiger partial charge in [-0.1, -0.05) is 19.8 Å². The highest BCUT2D eigenvalue weighted by Crippen LogP contribution is 2.16. The first-order chi connectivity index (χ1) is 11.5. The Balaban J connectivity index is 2.30. The Bertz CT molecular complexity index is 1010. The number of imidazole rings is 2. The predicted octanol–water partition coefficient (Wildman–Crippen LogP) is 1.89. The van der Waals surface area contributed by atoms with Crippen molar-refractivity contribution < 1.29 is 0 Å². The first kappa shape index (κ1) is 16.8. The number of aryl methyl sites for hydroxylation is 3. The van der Waals surface area contributed by atoms with Gasteiger partial charge in [0.15, 0.2) is 11.2 Å². The number of rotatable bonds is 6. The molecule has 0 bridgehead atoms. The minimum Gasteiger partial charge on any atom is -0.313 e. The van der Waals surface area contributed by atoms with Crippen molar-refractivity contribution in [1.29, 1.82) is 0 Å². The highest BCUT2D eigenvalue weighted by molar-refractivity contribution is 6.17. The molecule has 3 heterocycles. The van der Waals surface area contributed by atoms with E-state index in [-0.39, 0.29) is 11.2 Å². The van der Waals surface area contributed by atoms with Crippen molar-refractivity contribution in [2.45, 2.75) is 46.2 Å². The molecule has 0 atom stereocenters. The van der Waals surface area contributed by atoms with E-state index in [1.54, 1.807) is 11.4 Å². The summed E-state index contributed by atoms with van der Waals surface area (Å²) >= 11 is 5.87. The van der Waals surface area contributed by atoms with Crippen LogP contribution in [0.2, 0.25) is 0 Å². The minimum absolute atomic E-state index is 0.278. The van der Waals surface area contributed by atoms with E-state index in [1.807, 2.05) is 17.7 Å². The zero-order chi connectivity index (χ0) is 17.4. The van der Waals surface area contributed by atoms with Gasteiger partial charge < -0.3 is 4.57 Å². The number of aromatic nitrogens is 5. The van der Waals surface area contributed by atoms with Gasteiger partial charge in [-0.2, -0.15) is 4.98 Å². The van der Waals surface area contributed by atoms with Gasteiger partial charge in [-0.15, -0.1) is 11.6 Å². The van der Waals surface area contributed by atoms with Crippen LogP contribution in [0.25, 0.3) is 16.9 Å². The fraction of sp³-hybridized carbons (Fsp3) is 0.562. The average molecular weight is 352 g/mol. The van der Waals surface area contributed by atoms with Crippen LogP contribution >= 0.6 is 11.6 Å². The molecule has 3 rings (SSSR count). The summed E-state index contributed by atoms with van der Waals surface area (Å²) in [6, 6.07) is 0. The second kappa shape index (κ2) is 6.47. The Hall–Kier alpha value is -2.02. The van der Waals surface area contributed by atoms with Gasteiger partial charge in [0.2, 0.25) is 5.78 Å². The molecule has 0 aliphatic rings. The minimum atomic E-state index is -0.315. The lowest BCUT2D eigenvalue weighted by Gasteiger charge is -2.07. The third kappa shape index (κ3) is 2.47. The Kier molecular flexibility index (Phi) is 4.54. The molecule has 0 unspecified atom stereocenters. The summed E-state index contributed by atoms with van der Waals surface area (Å²) in [5.41, 5.74) is 1.24. The van der Waals surface area contributed by atoms with Crippen molar-refractivity contribution in [1.82, 2.24) is 23.1 Å². The van der Waals surface area contributed by atoms with E-state index in [4.69, 9.17) is 11.6 Å². The largest absolute Gasteiger partial charge is 0.332 e. The second-order valence-electron chi connectivity index (χ2n) is 6.07. The second-order valence-corrected chi connectivity index (χ2v) is 6.45. The van der Waals surface area contributed by atoms with Crippen LogP contribution < -0.4 is 11.2 Å². The van der Waals surface area contributed by atoms with Gasteiger partial charge >= 0.3 is 5.69 Å². The van der Waals surface area contributed by atoms with Crippen molar-refractivity contribution in [2.24, 2.45) is 7.05 Å². The van der Waals surface area contributed by atoms with Crippen LogP contribution in [0.5, 0.6) is 0 Å². The van der Waals surface area contributed by atoms with E-state index >= 15 is 0 Å². The molecule has 0 aliphatic heterocycles. The molecule has 0 amide bonds. The lowest BCUT2D eigenvalue weighted by Crippen LogP contribution is -2.39. The normalized spacial score (nSPS) is 11.8. The predicted molar refractivity (Wildman–Crippen MR) is 95.2 cm³/mol. The maximum atomic E-state index is 12.9. The summed E-state index contributed by atoms with van der Waals surface area (Å²) in [6.07, 6.45) is 4.71. The van der Waals surface area contributed by atoms with E-state index in [0.29, 0.717) is 35.9 Å².